The summed E-state index contributed by atoms with van der Waals surface area (Å²) >= 11 is 0. The van der Waals surface area contributed by atoms with E-state index >= 15 is 0 Å². The molecule has 0 heterocycles. The van der Waals surface area contributed by atoms with Gasteiger partial charge in [0, 0.05) is 0 Å². The topological polar surface area (TPSA) is 49.7 Å². The standard InChI is InChI=1S/C14H22O3/c1-10(2)14(4,16)9-17-13-7-5-6-12(8-13)11(3)15/h5-8,10-11,15-16H,9H2,1-4H3. The molecule has 1 rings (SSSR count). The minimum absolute atomic E-state index is 0.127. The van der Waals surface area contributed by atoms with Gasteiger partial charge in [-0.2, -0.15) is 0 Å². The van der Waals surface area contributed by atoms with Crippen molar-refractivity contribution in [3.63, 3.8) is 0 Å². The van der Waals surface area contributed by atoms with Gasteiger partial charge < -0.3 is 14.9 Å². The Morgan fingerprint density at radius 1 is 1.29 bits per heavy atom. The molecule has 0 bridgehead atoms. The van der Waals surface area contributed by atoms with Gasteiger partial charge in [0.2, 0.25) is 0 Å². The van der Waals surface area contributed by atoms with Crippen LogP contribution in [-0.2, 0) is 0 Å². The van der Waals surface area contributed by atoms with Crippen LogP contribution < -0.4 is 4.74 Å². The molecule has 0 aliphatic carbocycles. The molecule has 0 aromatic heterocycles. The number of benzene rings is 1. The highest BCUT2D eigenvalue weighted by Gasteiger charge is 2.25. The van der Waals surface area contributed by atoms with E-state index in [-0.39, 0.29) is 12.5 Å². The third-order valence-electron chi connectivity index (χ3n) is 3.12. The predicted octanol–water partition coefficient (Wildman–Crippen LogP) is 2.53. The van der Waals surface area contributed by atoms with Gasteiger partial charge in [0.05, 0.1) is 11.7 Å². The summed E-state index contributed by atoms with van der Waals surface area (Å²) in [4.78, 5) is 0. The Kier molecular flexibility index (Phi) is 4.54. The molecule has 96 valence electrons. The highest BCUT2D eigenvalue weighted by molar-refractivity contribution is 5.29. The van der Waals surface area contributed by atoms with Gasteiger partial charge in [-0.25, -0.2) is 0 Å². The highest BCUT2D eigenvalue weighted by atomic mass is 16.5. The van der Waals surface area contributed by atoms with Crippen LogP contribution in [0.5, 0.6) is 5.75 Å². The van der Waals surface area contributed by atoms with E-state index in [1.165, 1.54) is 0 Å². The Morgan fingerprint density at radius 2 is 1.94 bits per heavy atom. The molecule has 0 aliphatic heterocycles. The number of hydrogen-bond donors (Lipinski definition) is 2. The largest absolute Gasteiger partial charge is 0.491 e. The average Bonchev–Trinajstić information content (AvgIpc) is 2.26. The van der Waals surface area contributed by atoms with E-state index in [2.05, 4.69) is 0 Å². The molecule has 0 radical (unpaired) electrons. The summed E-state index contributed by atoms with van der Waals surface area (Å²) in [5.74, 6) is 0.798. The Hall–Kier alpha value is -1.06. The number of aliphatic hydroxyl groups is 2. The Bertz CT molecular complexity index is 356. The van der Waals surface area contributed by atoms with Crippen LogP contribution in [0.3, 0.4) is 0 Å². The van der Waals surface area contributed by atoms with E-state index in [0.29, 0.717) is 5.75 Å². The van der Waals surface area contributed by atoms with Gasteiger partial charge >= 0.3 is 0 Å². The summed E-state index contributed by atoms with van der Waals surface area (Å²) < 4.78 is 5.56. The van der Waals surface area contributed by atoms with E-state index in [1.54, 1.807) is 19.9 Å². The first-order valence-corrected chi connectivity index (χ1v) is 5.96. The maximum Gasteiger partial charge on any atom is 0.119 e. The van der Waals surface area contributed by atoms with E-state index in [4.69, 9.17) is 4.74 Å². The fourth-order valence-corrected chi connectivity index (χ4v) is 1.26. The molecule has 3 nitrogen and oxygen atoms in total. The molecule has 0 saturated carbocycles. The fourth-order valence-electron chi connectivity index (χ4n) is 1.26. The lowest BCUT2D eigenvalue weighted by Crippen LogP contribution is -2.37. The molecular formula is C14H22O3. The zero-order valence-electron chi connectivity index (χ0n) is 11.0. The molecule has 0 fully saturated rings. The first-order valence-electron chi connectivity index (χ1n) is 5.96. The molecule has 1 aromatic rings. The van der Waals surface area contributed by atoms with Gasteiger partial charge in [-0.05, 0) is 37.5 Å². The first-order chi connectivity index (χ1) is 7.83. The lowest BCUT2D eigenvalue weighted by molar-refractivity contribution is -0.0266. The highest BCUT2D eigenvalue weighted by Crippen LogP contribution is 2.22. The molecule has 17 heavy (non-hydrogen) atoms. The zero-order valence-corrected chi connectivity index (χ0v) is 11.0. The Balaban J connectivity index is 2.67. The van der Waals surface area contributed by atoms with E-state index in [0.717, 1.165) is 5.56 Å². The fraction of sp³-hybridized carbons (Fsp3) is 0.571. The second-order valence-electron chi connectivity index (χ2n) is 5.05. The van der Waals surface area contributed by atoms with Crippen molar-refractivity contribution in [1.29, 1.82) is 0 Å². The van der Waals surface area contributed by atoms with E-state index < -0.39 is 11.7 Å². The van der Waals surface area contributed by atoms with Crippen molar-refractivity contribution in [2.75, 3.05) is 6.61 Å². The molecule has 0 aliphatic rings. The van der Waals surface area contributed by atoms with Crippen molar-refractivity contribution in [2.45, 2.75) is 39.4 Å². The maximum absolute atomic E-state index is 10.1. The summed E-state index contributed by atoms with van der Waals surface area (Å²) in [6.07, 6.45) is -0.510. The summed E-state index contributed by atoms with van der Waals surface area (Å²) in [5.41, 5.74) is -0.0346. The second-order valence-corrected chi connectivity index (χ2v) is 5.05. The van der Waals surface area contributed by atoms with Crippen LogP contribution in [0.1, 0.15) is 39.4 Å². The third kappa shape index (κ3) is 4.02. The number of aliphatic hydroxyl groups excluding tert-OH is 1. The molecule has 2 N–H and O–H groups in total. The van der Waals surface area contributed by atoms with Crippen LogP contribution in [0, 0.1) is 5.92 Å². The SMILES string of the molecule is CC(O)c1cccc(OCC(C)(O)C(C)C)c1. The van der Waals surface area contributed by atoms with Crippen LogP contribution >= 0.6 is 0 Å². The molecule has 3 heteroatoms. The van der Waals surface area contributed by atoms with Crippen molar-refractivity contribution in [2.24, 2.45) is 5.92 Å². The quantitative estimate of drug-likeness (QED) is 0.828. The van der Waals surface area contributed by atoms with Crippen molar-refractivity contribution in [3.05, 3.63) is 29.8 Å². The van der Waals surface area contributed by atoms with Gasteiger partial charge in [0.15, 0.2) is 0 Å². The van der Waals surface area contributed by atoms with E-state index in [1.807, 2.05) is 32.0 Å². The number of hydrogen-bond acceptors (Lipinski definition) is 3. The van der Waals surface area contributed by atoms with Crippen LogP contribution in [0.15, 0.2) is 24.3 Å². The Labute approximate surface area is 103 Å². The Morgan fingerprint density at radius 3 is 2.47 bits per heavy atom. The monoisotopic (exact) mass is 238 g/mol. The minimum atomic E-state index is -0.846. The van der Waals surface area contributed by atoms with Crippen molar-refractivity contribution >= 4 is 0 Å². The summed E-state index contributed by atoms with van der Waals surface area (Å²) in [5, 5.41) is 19.5. The molecule has 1 aromatic carbocycles. The lowest BCUT2D eigenvalue weighted by Gasteiger charge is -2.27. The average molecular weight is 238 g/mol. The molecule has 2 unspecified atom stereocenters. The lowest BCUT2D eigenvalue weighted by atomic mass is 9.94. The van der Waals surface area contributed by atoms with Crippen LogP contribution in [0.25, 0.3) is 0 Å². The summed E-state index contributed by atoms with van der Waals surface area (Å²) in [7, 11) is 0. The van der Waals surface area contributed by atoms with Crippen molar-refractivity contribution < 1.29 is 14.9 Å². The van der Waals surface area contributed by atoms with Gasteiger partial charge in [0.1, 0.15) is 12.4 Å². The minimum Gasteiger partial charge on any atom is -0.491 e. The van der Waals surface area contributed by atoms with Crippen molar-refractivity contribution in [3.8, 4) is 5.75 Å². The smallest absolute Gasteiger partial charge is 0.119 e. The van der Waals surface area contributed by atoms with Gasteiger partial charge in [-0.15, -0.1) is 0 Å². The maximum atomic E-state index is 10.1. The van der Waals surface area contributed by atoms with Crippen LogP contribution in [0.4, 0.5) is 0 Å². The summed E-state index contributed by atoms with van der Waals surface area (Å²) in [6.45, 7) is 7.62. The zero-order chi connectivity index (χ0) is 13.1. The van der Waals surface area contributed by atoms with Gasteiger partial charge in [-0.1, -0.05) is 26.0 Å². The van der Waals surface area contributed by atoms with Crippen LogP contribution in [-0.4, -0.2) is 22.4 Å². The molecule has 2 atom stereocenters. The third-order valence-corrected chi connectivity index (χ3v) is 3.12. The second kappa shape index (κ2) is 5.52. The molecule has 0 spiro atoms. The molecule has 0 saturated heterocycles. The number of rotatable bonds is 5. The van der Waals surface area contributed by atoms with Crippen LogP contribution in [0.2, 0.25) is 0 Å². The van der Waals surface area contributed by atoms with Crippen molar-refractivity contribution in [1.82, 2.24) is 0 Å². The first kappa shape index (κ1) is 14.0. The van der Waals surface area contributed by atoms with Gasteiger partial charge in [0.25, 0.3) is 0 Å². The normalized spacial score (nSPS) is 16.6. The van der Waals surface area contributed by atoms with E-state index in [9.17, 15) is 10.2 Å². The van der Waals surface area contributed by atoms with Gasteiger partial charge in [-0.3, -0.25) is 0 Å². The number of ether oxygens (including phenoxy) is 1. The predicted molar refractivity (Wildman–Crippen MR) is 68.0 cm³/mol. The molecular weight excluding hydrogens is 216 g/mol. The molecule has 0 amide bonds. The summed E-state index contributed by atoms with van der Waals surface area (Å²) in [6, 6.07) is 7.29.